The molecule has 0 radical (unpaired) electrons. The molecule has 25 heavy (non-hydrogen) atoms. The maximum absolute atomic E-state index is 13.4. The molecular weight excluding hydrogens is 338 g/mol. The number of aromatic nitrogens is 2. The molecule has 1 aliphatic heterocycles. The molecule has 1 saturated heterocycles. The van der Waals surface area contributed by atoms with Crippen molar-refractivity contribution in [3.63, 3.8) is 0 Å². The number of benzene rings is 1. The first-order chi connectivity index (χ1) is 11.8. The number of alkyl halides is 3. The molecule has 0 aliphatic carbocycles. The second-order valence-corrected chi connectivity index (χ2v) is 6.13. The number of carbonyl (C=O) groups is 1. The van der Waals surface area contributed by atoms with Crippen LogP contribution in [0.2, 0.25) is 0 Å². The van der Waals surface area contributed by atoms with Gasteiger partial charge < -0.3 is 4.90 Å². The Morgan fingerprint density at radius 2 is 2.08 bits per heavy atom. The molecule has 1 aromatic carbocycles. The number of likely N-dealkylation sites (tertiary alicyclic amines) is 1. The van der Waals surface area contributed by atoms with Crippen molar-refractivity contribution < 1.29 is 22.4 Å². The monoisotopic (exact) mass is 355 g/mol. The van der Waals surface area contributed by atoms with Gasteiger partial charge in [-0.3, -0.25) is 9.48 Å². The van der Waals surface area contributed by atoms with Crippen LogP contribution < -0.4 is 0 Å². The van der Waals surface area contributed by atoms with E-state index < -0.39 is 11.9 Å². The minimum Gasteiger partial charge on any atom is -0.334 e. The van der Waals surface area contributed by atoms with Gasteiger partial charge in [-0.15, -0.1) is 0 Å². The lowest BCUT2D eigenvalue weighted by Crippen LogP contribution is -2.34. The van der Waals surface area contributed by atoms with Gasteiger partial charge >= 0.3 is 6.18 Å². The van der Waals surface area contributed by atoms with Gasteiger partial charge in [0.25, 0.3) is 0 Å². The third kappa shape index (κ3) is 3.67. The zero-order valence-corrected chi connectivity index (χ0v) is 13.6. The van der Waals surface area contributed by atoms with Gasteiger partial charge in [0, 0.05) is 12.2 Å². The Morgan fingerprint density at radius 3 is 2.72 bits per heavy atom. The van der Waals surface area contributed by atoms with Crippen molar-refractivity contribution in [1.82, 2.24) is 14.7 Å². The molecule has 0 saturated carbocycles. The van der Waals surface area contributed by atoms with Crippen molar-refractivity contribution in [3.8, 4) is 0 Å². The first kappa shape index (κ1) is 17.4. The minimum absolute atomic E-state index is 0.263. The summed E-state index contributed by atoms with van der Waals surface area (Å²) in [6, 6.07) is 6.70. The molecule has 1 atom stereocenters. The van der Waals surface area contributed by atoms with Crippen LogP contribution in [0, 0.1) is 12.7 Å². The van der Waals surface area contributed by atoms with Gasteiger partial charge in [0.15, 0.2) is 5.69 Å². The van der Waals surface area contributed by atoms with E-state index >= 15 is 0 Å². The molecule has 4 nitrogen and oxygen atoms in total. The molecule has 0 N–H and O–H groups in total. The third-order valence-corrected chi connectivity index (χ3v) is 4.36. The molecule has 134 valence electrons. The van der Waals surface area contributed by atoms with Crippen molar-refractivity contribution >= 4 is 5.91 Å². The van der Waals surface area contributed by atoms with Crippen LogP contribution in [0.1, 0.15) is 35.8 Å². The number of hydrogen-bond acceptors (Lipinski definition) is 2. The fourth-order valence-corrected chi connectivity index (χ4v) is 3.15. The Hall–Kier alpha value is -2.38. The Balaban J connectivity index is 1.78. The molecule has 3 rings (SSSR count). The molecule has 0 spiro atoms. The van der Waals surface area contributed by atoms with Gasteiger partial charge in [0.1, 0.15) is 12.4 Å². The third-order valence-electron chi connectivity index (χ3n) is 4.36. The van der Waals surface area contributed by atoms with E-state index in [1.165, 1.54) is 19.1 Å². The summed E-state index contributed by atoms with van der Waals surface area (Å²) in [7, 11) is 0. The lowest BCUT2D eigenvalue weighted by Gasteiger charge is -2.25. The van der Waals surface area contributed by atoms with Crippen LogP contribution in [-0.4, -0.2) is 27.1 Å². The fourth-order valence-electron chi connectivity index (χ4n) is 3.15. The predicted molar refractivity (Wildman–Crippen MR) is 82.1 cm³/mol. The Morgan fingerprint density at radius 1 is 1.32 bits per heavy atom. The number of halogens is 4. The van der Waals surface area contributed by atoms with Crippen molar-refractivity contribution in [3.05, 3.63) is 53.1 Å². The lowest BCUT2D eigenvalue weighted by molar-refractivity contribution is -0.142. The van der Waals surface area contributed by atoms with Gasteiger partial charge in [0.05, 0.1) is 6.04 Å². The molecule has 0 unspecified atom stereocenters. The number of amides is 1. The van der Waals surface area contributed by atoms with Gasteiger partial charge in [-0.05, 0) is 43.5 Å². The lowest BCUT2D eigenvalue weighted by atomic mass is 10.0. The molecule has 2 aromatic rings. The van der Waals surface area contributed by atoms with E-state index in [9.17, 15) is 22.4 Å². The highest BCUT2D eigenvalue weighted by molar-refractivity contribution is 5.77. The molecule has 1 aliphatic rings. The Kier molecular flexibility index (Phi) is 4.53. The van der Waals surface area contributed by atoms with Crippen LogP contribution >= 0.6 is 0 Å². The van der Waals surface area contributed by atoms with Gasteiger partial charge in [-0.1, -0.05) is 12.1 Å². The first-order valence-corrected chi connectivity index (χ1v) is 7.92. The molecule has 0 bridgehead atoms. The van der Waals surface area contributed by atoms with Gasteiger partial charge in [-0.2, -0.15) is 18.3 Å². The minimum atomic E-state index is -4.54. The normalized spacial score (nSPS) is 18.0. The van der Waals surface area contributed by atoms with E-state index in [1.54, 1.807) is 17.0 Å². The summed E-state index contributed by atoms with van der Waals surface area (Å²) in [4.78, 5) is 14.2. The van der Waals surface area contributed by atoms with E-state index in [0.29, 0.717) is 18.5 Å². The molecular formula is C17H17F4N3O. The first-order valence-electron chi connectivity index (χ1n) is 7.92. The highest BCUT2D eigenvalue weighted by Crippen LogP contribution is 2.33. The average molecular weight is 355 g/mol. The summed E-state index contributed by atoms with van der Waals surface area (Å²) >= 11 is 0. The second-order valence-electron chi connectivity index (χ2n) is 6.13. The predicted octanol–water partition coefficient (Wildman–Crippen LogP) is 3.71. The van der Waals surface area contributed by atoms with Crippen LogP contribution in [-0.2, 0) is 17.5 Å². The standard InChI is InChI=1S/C17H17F4N3O/c1-11-8-15(17(19,20)21)22-24(11)10-16(25)23-7-3-6-14(23)12-4-2-5-13(18)9-12/h2,4-5,8-9,14H,3,6-7,10H2,1H3/t14-/m1/s1. The molecule has 1 fully saturated rings. The summed E-state index contributed by atoms with van der Waals surface area (Å²) in [6.45, 7) is 1.70. The molecule has 2 heterocycles. The largest absolute Gasteiger partial charge is 0.435 e. The second kappa shape index (κ2) is 6.50. The summed E-state index contributed by atoms with van der Waals surface area (Å²) in [5, 5.41) is 3.49. The number of hydrogen-bond donors (Lipinski definition) is 0. The van der Waals surface area contributed by atoms with Crippen LogP contribution in [0.15, 0.2) is 30.3 Å². The van der Waals surface area contributed by atoms with Crippen molar-refractivity contribution in [2.75, 3.05) is 6.54 Å². The summed E-state index contributed by atoms with van der Waals surface area (Å²) < 4.78 is 52.7. The van der Waals surface area contributed by atoms with Crippen LogP contribution in [0.5, 0.6) is 0 Å². The fraction of sp³-hybridized carbons (Fsp3) is 0.412. The van der Waals surface area contributed by atoms with E-state index in [1.807, 2.05) is 0 Å². The SMILES string of the molecule is Cc1cc(C(F)(F)F)nn1CC(=O)N1CCC[C@@H]1c1cccc(F)c1. The molecule has 1 aromatic heterocycles. The molecule has 1 amide bonds. The van der Waals surface area contributed by atoms with E-state index in [2.05, 4.69) is 5.10 Å². The van der Waals surface area contributed by atoms with Crippen molar-refractivity contribution in [2.45, 2.75) is 38.5 Å². The zero-order chi connectivity index (χ0) is 18.2. The van der Waals surface area contributed by atoms with Gasteiger partial charge in [0.2, 0.25) is 5.91 Å². The number of nitrogens with zero attached hydrogens (tertiary/aromatic N) is 3. The van der Waals surface area contributed by atoms with Crippen molar-refractivity contribution in [1.29, 1.82) is 0 Å². The number of rotatable bonds is 3. The average Bonchev–Trinajstić information content (AvgIpc) is 3.14. The Bertz CT molecular complexity index is 784. The van der Waals surface area contributed by atoms with E-state index in [-0.39, 0.29) is 30.0 Å². The van der Waals surface area contributed by atoms with E-state index in [4.69, 9.17) is 0 Å². The summed E-state index contributed by atoms with van der Waals surface area (Å²) in [6.07, 6.45) is -3.09. The number of aryl methyl sites for hydroxylation is 1. The zero-order valence-electron chi connectivity index (χ0n) is 13.6. The highest BCUT2D eigenvalue weighted by atomic mass is 19.4. The Labute approximate surface area is 142 Å². The van der Waals surface area contributed by atoms with Crippen LogP contribution in [0.3, 0.4) is 0 Å². The van der Waals surface area contributed by atoms with Gasteiger partial charge in [-0.25, -0.2) is 4.39 Å². The van der Waals surface area contributed by atoms with Crippen molar-refractivity contribution in [2.24, 2.45) is 0 Å². The maximum Gasteiger partial charge on any atom is 0.435 e. The van der Waals surface area contributed by atoms with Crippen LogP contribution in [0.25, 0.3) is 0 Å². The highest BCUT2D eigenvalue weighted by Gasteiger charge is 2.35. The summed E-state index contributed by atoms with van der Waals surface area (Å²) in [5.74, 6) is -0.707. The topological polar surface area (TPSA) is 38.1 Å². The van der Waals surface area contributed by atoms with E-state index in [0.717, 1.165) is 17.2 Å². The smallest absolute Gasteiger partial charge is 0.334 e. The van der Waals surface area contributed by atoms with Crippen LogP contribution in [0.4, 0.5) is 17.6 Å². The molecule has 8 heteroatoms. The maximum atomic E-state index is 13.4. The number of carbonyl (C=O) groups excluding carboxylic acids is 1. The quantitative estimate of drug-likeness (QED) is 0.787. The summed E-state index contributed by atoms with van der Waals surface area (Å²) in [5.41, 5.74) is -0.0536.